The lowest BCUT2D eigenvalue weighted by atomic mass is 10.1. The van der Waals surface area contributed by atoms with Gasteiger partial charge in [0.05, 0.1) is 17.6 Å². The maximum absolute atomic E-state index is 12.8. The molecule has 1 N–H and O–H groups in total. The number of carbonyl (C=O) groups excluding carboxylic acids is 3. The molecule has 1 aromatic carbocycles. The summed E-state index contributed by atoms with van der Waals surface area (Å²) in [6.07, 6.45) is 5.26. The van der Waals surface area contributed by atoms with Crippen molar-refractivity contribution in [3.05, 3.63) is 45.3 Å². The first-order chi connectivity index (χ1) is 16.8. The van der Waals surface area contributed by atoms with Gasteiger partial charge in [-0.1, -0.05) is 67.7 Å². The molecule has 8 nitrogen and oxygen atoms in total. The zero-order valence-electron chi connectivity index (χ0n) is 19.9. The van der Waals surface area contributed by atoms with E-state index < -0.39 is 5.97 Å². The first kappa shape index (κ1) is 27.0. The summed E-state index contributed by atoms with van der Waals surface area (Å²) in [7, 11) is 1.33. The predicted octanol–water partition coefficient (Wildman–Crippen LogP) is 4.92. The predicted molar refractivity (Wildman–Crippen MR) is 143 cm³/mol. The largest absolute Gasteiger partial charge is 0.465 e. The molecule has 0 unspecified atom stereocenters. The lowest BCUT2D eigenvalue weighted by molar-refractivity contribution is -0.122. The molecule has 0 saturated carbocycles. The fourth-order valence-electron chi connectivity index (χ4n) is 3.33. The van der Waals surface area contributed by atoms with Gasteiger partial charge >= 0.3 is 5.97 Å². The Balaban J connectivity index is 1.40. The normalized spacial score (nSPS) is 14.7. The molecule has 0 bridgehead atoms. The van der Waals surface area contributed by atoms with Gasteiger partial charge in [0.2, 0.25) is 11.0 Å². The molecular weight excluding hydrogens is 504 g/mol. The van der Waals surface area contributed by atoms with Crippen LogP contribution in [0.3, 0.4) is 0 Å². The number of hydrogen-bond acceptors (Lipinski definition) is 9. The first-order valence-electron chi connectivity index (χ1n) is 11.3. The van der Waals surface area contributed by atoms with E-state index in [-0.39, 0.29) is 11.8 Å². The highest BCUT2D eigenvalue weighted by Crippen LogP contribution is 2.33. The van der Waals surface area contributed by atoms with Gasteiger partial charge in [0, 0.05) is 19.4 Å². The summed E-state index contributed by atoms with van der Waals surface area (Å²) in [5.74, 6) is -0.116. The van der Waals surface area contributed by atoms with E-state index in [1.807, 2.05) is 0 Å². The van der Waals surface area contributed by atoms with Gasteiger partial charge in [0.25, 0.3) is 5.91 Å². The zero-order valence-corrected chi connectivity index (χ0v) is 22.4. The molecule has 11 heteroatoms. The van der Waals surface area contributed by atoms with E-state index in [4.69, 9.17) is 17.0 Å². The van der Waals surface area contributed by atoms with Crippen molar-refractivity contribution >= 4 is 68.6 Å². The fraction of sp³-hybridized carbons (Fsp3) is 0.417. The molecule has 0 spiro atoms. The van der Waals surface area contributed by atoms with Crippen LogP contribution in [0.2, 0.25) is 0 Å². The summed E-state index contributed by atoms with van der Waals surface area (Å²) in [4.78, 5) is 38.7. The van der Waals surface area contributed by atoms with E-state index in [1.54, 1.807) is 35.2 Å². The maximum Gasteiger partial charge on any atom is 0.337 e. The number of unbranched alkanes of at least 4 members (excludes halogenated alkanes) is 2. The molecule has 1 aliphatic heterocycles. The van der Waals surface area contributed by atoms with Gasteiger partial charge in [-0.2, -0.15) is 0 Å². The molecule has 0 radical (unpaired) electrons. The highest BCUT2D eigenvalue weighted by molar-refractivity contribution is 8.26. The van der Waals surface area contributed by atoms with E-state index in [0.717, 1.165) is 29.8 Å². The molecule has 1 fully saturated rings. The van der Waals surface area contributed by atoms with E-state index in [9.17, 15) is 14.4 Å². The number of methoxy groups -OCH3 is 1. The summed E-state index contributed by atoms with van der Waals surface area (Å²) in [5.41, 5.74) is 1.25. The molecule has 35 heavy (non-hydrogen) atoms. The lowest BCUT2D eigenvalue weighted by Crippen LogP contribution is -2.29. The second kappa shape index (κ2) is 12.9. The van der Waals surface area contributed by atoms with Gasteiger partial charge in [-0.15, -0.1) is 10.2 Å². The van der Waals surface area contributed by atoms with Gasteiger partial charge in [-0.05, 0) is 42.5 Å². The van der Waals surface area contributed by atoms with Crippen molar-refractivity contribution in [3.63, 3.8) is 0 Å². The number of aromatic nitrogens is 2. The monoisotopic (exact) mass is 532 g/mol. The van der Waals surface area contributed by atoms with Crippen LogP contribution in [-0.4, -0.2) is 50.9 Å². The summed E-state index contributed by atoms with van der Waals surface area (Å²) >= 11 is 8.07. The summed E-state index contributed by atoms with van der Waals surface area (Å²) in [5, 5.41) is 12.4. The third-order valence-corrected chi connectivity index (χ3v) is 7.32. The van der Waals surface area contributed by atoms with E-state index in [0.29, 0.717) is 45.2 Å². The number of amides is 2. The van der Waals surface area contributed by atoms with Crippen molar-refractivity contribution < 1.29 is 19.1 Å². The van der Waals surface area contributed by atoms with Crippen molar-refractivity contribution in [2.24, 2.45) is 5.92 Å². The van der Waals surface area contributed by atoms with Crippen molar-refractivity contribution in [2.45, 2.75) is 46.0 Å². The van der Waals surface area contributed by atoms with E-state index in [2.05, 4.69) is 29.4 Å². The Kier molecular flexibility index (Phi) is 9.93. The van der Waals surface area contributed by atoms with Gasteiger partial charge in [-0.25, -0.2) is 4.79 Å². The van der Waals surface area contributed by atoms with Crippen LogP contribution in [0.25, 0.3) is 6.08 Å². The van der Waals surface area contributed by atoms with Crippen LogP contribution in [0.1, 0.15) is 60.5 Å². The Morgan fingerprint density at radius 1 is 1.17 bits per heavy atom. The Bertz CT molecular complexity index is 1110. The van der Waals surface area contributed by atoms with E-state index in [1.165, 1.54) is 30.2 Å². The molecular formula is C24H28N4O4S3. The van der Waals surface area contributed by atoms with Gasteiger partial charge in [0.15, 0.2) is 0 Å². The smallest absolute Gasteiger partial charge is 0.337 e. The second-order valence-electron chi connectivity index (χ2n) is 8.40. The highest BCUT2D eigenvalue weighted by Gasteiger charge is 2.31. The van der Waals surface area contributed by atoms with Crippen LogP contribution >= 0.6 is 35.3 Å². The average molecular weight is 533 g/mol. The minimum Gasteiger partial charge on any atom is -0.465 e. The Morgan fingerprint density at radius 2 is 1.91 bits per heavy atom. The number of anilines is 1. The number of carbonyl (C=O) groups is 3. The number of thioether (sulfide) groups is 1. The van der Waals surface area contributed by atoms with Crippen LogP contribution in [0.5, 0.6) is 0 Å². The Labute approximate surface area is 218 Å². The molecule has 0 atom stereocenters. The number of benzene rings is 1. The minimum atomic E-state index is -0.406. The number of ether oxygens (including phenoxy) is 1. The molecule has 0 aliphatic carbocycles. The SMILES string of the molecule is COC(=O)c1ccc(C=C2SC(=S)N(CCCCCC(=O)Nc3nnc(CC(C)C)s3)C2=O)cc1. The van der Waals surface area contributed by atoms with Crippen molar-refractivity contribution in [1.29, 1.82) is 0 Å². The summed E-state index contributed by atoms with van der Waals surface area (Å²) < 4.78 is 5.22. The number of rotatable bonds is 11. The summed E-state index contributed by atoms with van der Waals surface area (Å²) in [6, 6.07) is 6.84. The molecule has 186 valence electrons. The van der Waals surface area contributed by atoms with Gasteiger partial charge < -0.3 is 10.1 Å². The van der Waals surface area contributed by atoms with Crippen LogP contribution in [0, 0.1) is 5.92 Å². The standard InChI is InChI=1S/C24H28N4O4S3/c1-15(2)13-20-26-27-23(35-20)25-19(29)7-5-4-6-12-28-21(30)18(34-24(28)33)14-16-8-10-17(11-9-16)22(31)32-3/h8-11,14-15H,4-7,12-13H2,1-3H3,(H,25,27,29). The second-order valence-corrected chi connectivity index (χ2v) is 11.1. The van der Waals surface area contributed by atoms with Gasteiger partial charge in [0.1, 0.15) is 9.33 Å². The number of hydrogen-bond donors (Lipinski definition) is 1. The van der Waals surface area contributed by atoms with Crippen molar-refractivity contribution in [1.82, 2.24) is 15.1 Å². The van der Waals surface area contributed by atoms with Crippen molar-refractivity contribution in [3.8, 4) is 0 Å². The topological polar surface area (TPSA) is 101 Å². The third kappa shape index (κ3) is 7.94. The maximum atomic E-state index is 12.8. The lowest BCUT2D eigenvalue weighted by Gasteiger charge is -2.14. The van der Waals surface area contributed by atoms with E-state index >= 15 is 0 Å². The number of nitrogens with one attached hydrogen (secondary N) is 1. The Morgan fingerprint density at radius 3 is 2.60 bits per heavy atom. The number of esters is 1. The molecule has 2 aromatic rings. The molecule has 2 heterocycles. The summed E-state index contributed by atoms with van der Waals surface area (Å²) in [6.45, 7) is 4.74. The Hall–Kier alpha value is -2.63. The average Bonchev–Trinajstić information content (AvgIpc) is 3.36. The quantitative estimate of drug-likeness (QED) is 0.188. The van der Waals surface area contributed by atoms with Crippen LogP contribution in [-0.2, 0) is 20.7 Å². The van der Waals surface area contributed by atoms with Crippen molar-refractivity contribution in [2.75, 3.05) is 19.0 Å². The third-order valence-electron chi connectivity index (χ3n) is 5.08. The number of thiocarbonyl (C=S) groups is 1. The van der Waals surface area contributed by atoms with Crippen LogP contribution in [0.4, 0.5) is 5.13 Å². The van der Waals surface area contributed by atoms with Crippen LogP contribution < -0.4 is 5.32 Å². The molecule has 2 amide bonds. The minimum absolute atomic E-state index is 0.0796. The van der Waals surface area contributed by atoms with Crippen LogP contribution in [0.15, 0.2) is 29.2 Å². The molecule has 1 saturated heterocycles. The number of nitrogens with zero attached hydrogens (tertiary/aromatic N) is 3. The molecule has 3 rings (SSSR count). The molecule has 1 aromatic heterocycles. The fourth-order valence-corrected chi connectivity index (χ4v) is 5.60. The zero-order chi connectivity index (χ0) is 25.4. The first-order valence-corrected chi connectivity index (χ1v) is 13.4. The van der Waals surface area contributed by atoms with Gasteiger partial charge in [-0.3, -0.25) is 14.5 Å². The highest BCUT2D eigenvalue weighted by atomic mass is 32.2. The molecule has 1 aliphatic rings.